The molecule has 1 atom stereocenters. The Morgan fingerprint density at radius 3 is 2.80 bits per heavy atom. The molecule has 1 N–H and O–H groups in total. The van der Waals surface area contributed by atoms with Crippen molar-refractivity contribution in [3.05, 3.63) is 35.4 Å². The summed E-state index contributed by atoms with van der Waals surface area (Å²) in [6.45, 7) is 7.81. The van der Waals surface area contributed by atoms with E-state index in [0.29, 0.717) is 18.2 Å². The standard InChI is InChI=1S/C17H26N2O/c1-14-5-7-16(8-6-14)12-18-10-9-17(20)19-11-3-4-15(2)13-19/h5-8,15,18H,3-4,9-13H2,1-2H3. The second-order valence-corrected chi connectivity index (χ2v) is 6.00. The Hall–Kier alpha value is -1.35. The van der Waals surface area contributed by atoms with Crippen LogP contribution in [0.5, 0.6) is 0 Å². The van der Waals surface area contributed by atoms with E-state index in [2.05, 4.69) is 43.4 Å². The normalized spacial score (nSPS) is 19.1. The van der Waals surface area contributed by atoms with E-state index in [-0.39, 0.29) is 0 Å². The maximum atomic E-state index is 12.1. The van der Waals surface area contributed by atoms with Crippen LogP contribution in [0.25, 0.3) is 0 Å². The first kappa shape index (κ1) is 15.0. The maximum absolute atomic E-state index is 12.1. The van der Waals surface area contributed by atoms with E-state index < -0.39 is 0 Å². The van der Waals surface area contributed by atoms with E-state index >= 15 is 0 Å². The van der Waals surface area contributed by atoms with Crippen molar-refractivity contribution in [1.82, 2.24) is 10.2 Å². The van der Waals surface area contributed by atoms with Crippen molar-refractivity contribution in [3.8, 4) is 0 Å². The minimum Gasteiger partial charge on any atom is -0.342 e. The number of likely N-dealkylation sites (tertiary alicyclic amines) is 1. The van der Waals surface area contributed by atoms with Gasteiger partial charge in [-0.2, -0.15) is 0 Å². The molecule has 1 aromatic carbocycles. The fraction of sp³-hybridized carbons (Fsp3) is 0.588. The van der Waals surface area contributed by atoms with Gasteiger partial charge in [-0.15, -0.1) is 0 Å². The van der Waals surface area contributed by atoms with Crippen molar-refractivity contribution in [3.63, 3.8) is 0 Å². The average Bonchev–Trinajstić information content (AvgIpc) is 2.45. The summed E-state index contributed by atoms with van der Waals surface area (Å²) < 4.78 is 0. The first-order chi connectivity index (χ1) is 9.65. The van der Waals surface area contributed by atoms with Gasteiger partial charge in [-0.05, 0) is 31.2 Å². The monoisotopic (exact) mass is 274 g/mol. The fourth-order valence-electron chi connectivity index (χ4n) is 2.71. The van der Waals surface area contributed by atoms with Crippen molar-refractivity contribution in [2.24, 2.45) is 5.92 Å². The Morgan fingerprint density at radius 2 is 2.10 bits per heavy atom. The lowest BCUT2D eigenvalue weighted by atomic mass is 10.00. The number of amides is 1. The summed E-state index contributed by atoms with van der Waals surface area (Å²) in [5, 5.41) is 3.35. The summed E-state index contributed by atoms with van der Waals surface area (Å²) in [6.07, 6.45) is 3.03. The van der Waals surface area contributed by atoms with E-state index in [1.54, 1.807) is 0 Å². The Labute approximate surface area is 122 Å². The average molecular weight is 274 g/mol. The molecule has 3 heteroatoms. The fourth-order valence-corrected chi connectivity index (χ4v) is 2.71. The zero-order valence-electron chi connectivity index (χ0n) is 12.7. The molecule has 0 radical (unpaired) electrons. The second kappa shape index (κ2) is 7.44. The van der Waals surface area contributed by atoms with E-state index in [9.17, 15) is 4.79 Å². The number of piperidine rings is 1. The van der Waals surface area contributed by atoms with Crippen LogP contribution in [-0.4, -0.2) is 30.4 Å². The molecule has 1 unspecified atom stereocenters. The first-order valence-electron chi connectivity index (χ1n) is 7.69. The van der Waals surface area contributed by atoms with Gasteiger partial charge in [-0.25, -0.2) is 0 Å². The van der Waals surface area contributed by atoms with Gasteiger partial charge in [-0.1, -0.05) is 36.8 Å². The number of hydrogen-bond acceptors (Lipinski definition) is 2. The number of hydrogen-bond donors (Lipinski definition) is 1. The first-order valence-corrected chi connectivity index (χ1v) is 7.69. The largest absolute Gasteiger partial charge is 0.342 e. The minimum atomic E-state index is 0.299. The van der Waals surface area contributed by atoms with Gasteiger partial charge >= 0.3 is 0 Å². The lowest BCUT2D eigenvalue weighted by Gasteiger charge is -2.31. The molecule has 0 bridgehead atoms. The Bertz CT molecular complexity index is 427. The number of carbonyl (C=O) groups is 1. The SMILES string of the molecule is Cc1ccc(CNCCC(=O)N2CCCC(C)C2)cc1. The summed E-state index contributed by atoms with van der Waals surface area (Å²) in [5.41, 5.74) is 2.55. The molecule has 110 valence electrons. The number of nitrogens with one attached hydrogen (secondary N) is 1. The van der Waals surface area contributed by atoms with E-state index in [1.165, 1.54) is 17.5 Å². The van der Waals surface area contributed by atoms with Gasteiger partial charge < -0.3 is 10.2 Å². The molecule has 1 heterocycles. The van der Waals surface area contributed by atoms with Gasteiger partial charge in [0.15, 0.2) is 0 Å². The van der Waals surface area contributed by atoms with Gasteiger partial charge in [0.25, 0.3) is 0 Å². The highest BCUT2D eigenvalue weighted by atomic mass is 16.2. The molecule has 1 fully saturated rings. The number of benzene rings is 1. The highest BCUT2D eigenvalue weighted by molar-refractivity contribution is 5.76. The lowest BCUT2D eigenvalue weighted by molar-refractivity contribution is -0.132. The number of carbonyl (C=O) groups excluding carboxylic acids is 1. The van der Waals surface area contributed by atoms with Crippen molar-refractivity contribution in [2.75, 3.05) is 19.6 Å². The third-order valence-electron chi connectivity index (χ3n) is 3.98. The highest BCUT2D eigenvalue weighted by Crippen LogP contribution is 2.15. The number of aryl methyl sites for hydroxylation is 1. The van der Waals surface area contributed by atoms with Crippen LogP contribution >= 0.6 is 0 Å². The molecule has 1 aromatic rings. The quantitative estimate of drug-likeness (QED) is 0.837. The molecule has 1 amide bonds. The van der Waals surface area contributed by atoms with Crippen LogP contribution in [0.15, 0.2) is 24.3 Å². The Morgan fingerprint density at radius 1 is 1.35 bits per heavy atom. The molecule has 0 aromatic heterocycles. The van der Waals surface area contributed by atoms with Crippen LogP contribution in [0.3, 0.4) is 0 Å². The van der Waals surface area contributed by atoms with Crippen molar-refractivity contribution in [2.45, 2.75) is 39.7 Å². The van der Waals surface area contributed by atoms with E-state index in [0.717, 1.165) is 32.6 Å². The topological polar surface area (TPSA) is 32.3 Å². The zero-order chi connectivity index (χ0) is 14.4. The molecule has 0 saturated carbocycles. The molecule has 1 aliphatic heterocycles. The summed E-state index contributed by atoms with van der Waals surface area (Å²) >= 11 is 0. The van der Waals surface area contributed by atoms with Crippen molar-refractivity contribution >= 4 is 5.91 Å². The zero-order valence-corrected chi connectivity index (χ0v) is 12.7. The predicted molar refractivity (Wildman–Crippen MR) is 82.5 cm³/mol. The molecule has 20 heavy (non-hydrogen) atoms. The van der Waals surface area contributed by atoms with E-state index in [1.807, 2.05) is 4.90 Å². The van der Waals surface area contributed by atoms with Gasteiger partial charge in [0.2, 0.25) is 5.91 Å². The third-order valence-corrected chi connectivity index (χ3v) is 3.98. The molecule has 0 aliphatic carbocycles. The van der Waals surface area contributed by atoms with Crippen LogP contribution in [0.2, 0.25) is 0 Å². The van der Waals surface area contributed by atoms with Crippen molar-refractivity contribution in [1.29, 1.82) is 0 Å². The highest BCUT2D eigenvalue weighted by Gasteiger charge is 2.20. The smallest absolute Gasteiger partial charge is 0.223 e. The minimum absolute atomic E-state index is 0.299. The lowest BCUT2D eigenvalue weighted by Crippen LogP contribution is -2.40. The van der Waals surface area contributed by atoms with Crippen molar-refractivity contribution < 1.29 is 4.79 Å². The van der Waals surface area contributed by atoms with Gasteiger partial charge in [0.1, 0.15) is 0 Å². The Kier molecular flexibility index (Phi) is 5.60. The molecular formula is C17H26N2O. The summed E-state index contributed by atoms with van der Waals surface area (Å²) in [5.74, 6) is 0.959. The van der Waals surface area contributed by atoms with Gasteiger partial charge in [-0.3, -0.25) is 4.79 Å². The summed E-state index contributed by atoms with van der Waals surface area (Å²) in [4.78, 5) is 14.1. The molecule has 1 saturated heterocycles. The van der Waals surface area contributed by atoms with Crippen LogP contribution in [-0.2, 0) is 11.3 Å². The number of nitrogens with zero attached hydrogens (tertiary/aromatic N) is 1. The van der Waals surface area contributed by atoms with Gasteiger partial charge in [0, 0.05) is 32.6 Å². The van der Waals surface area contributed by atoms with E-state index in [4.69, 9.17) is 0 Å². The van der Waals surface area contributed by atoms with Crippen LogP contribution in [0, 0.1) is 12.8 Å². The molecule has 3 nitrogen and oxygen atoms in total. The third kappa shape index (κ3) is 4.64. The summed E-state index contributed by atoms with van der Waals surface area (Å²) in [7, 11) is 0. The van der Waals surface area contributed by atoms with Crippen LogP contribution in [0.4, 0.5) is 0 Å². The van der Waals surface area contributed by atoms with Gasteiger partial charge in [0.05, 0.1) is 0 Å². The maximum Gasteiger partial charge on any atom is 0.223 e. The molecule has 2 rings (SSSR count). The predicted octanol–water partition coefficient (Wildman–Crippen LogP) is 2.73. The molecule has 1 aliphatic rings. The molecule has 0 spiro atoms. The second-order valence-electron chi connectivity index (χ2n) is 6.00. The van der Waals surface area contributed by atoms with Crippen LogP contribution < -0.4 is 5.32 Å². The summed E-state index contributed by atoms with van der Waals surface area (Å²) in [6, 6.07) is 8.52. The number of rotatable bonds is 5. The Balaban J connectivity index is 1.65. The van der Waals surface area contributed by atoms with Crippen LogP contribution in [0.1, 0.15) is 37.3 Å². The molecular weight excluding hydrogens is 248 g/mol.